The molecule has 1 fully saturated rings. The smallest absolute Gasteiger partial charge is 0.119 e. The van der Waals surface area contributed by atoms with Gasteiger partial charge >= 0.3 is 0 Å². The van der Waals surface area contributed by atoms with Crippen LogP contribution in [-0.4, -0.2) is 18.3 Å². The molecule has 1 aliphatic heterocycles. The molecular weight excluding hydrogens is 236 g/mol. The van der Waals surface area contributed by atoms with E-state index in [9.17, 15) is 0 Å². The van der Waals surface area contributed by atoms with Crippen LogP contribution in [-0.2, 0) is 10.6 Å². The van der Waals surface area contributed by atoms with Gasteiger partial charge in [-0.05, 0) is 44.4 Å². The molecule has 0 saturated carbocycles. The summed E-state index contributed by atoms with van der Waals surface area (Å²) in [5.41, 5.74) is 1.09. The molecule has 94 valence electrons. The van der Waals surface area contributed by atoms with Crippen molar-refractivity contribution in [3.63, 3.8) is 0 Å². The Balaban J connectivity index is 1.86. The van der Waals surface area contributed by atoms with Gasteiger partial charge in [0.1, 0.15) is 12.4 Å². The summed E-state index contributed by atoms with van der Waals surface area (Å²) < 4.78 is 11.6. The minimum atomic E-state index is 0.00597. The molecule has 1 heterocycles. The van der Waals surface area contributed by atoms with Gasteiger partial charge in [-0.25, -0.2) is 0 Å². The van der Waals surface area contributed by atoms with Gasteiger partial charge < -0.3 is 9.47 Å². The Kier molecular flexibility index (Phi) is 3.95. The van der Waals surface area contributed by atoms with Gasteiger partial charge in [0.25, 0.3) is 0 Å². The first kappa shape index (κ1) is 12.7. The van der Waals surface area contributed by atoms with Crippen LogP contribution in [0.25, 0.3) is 0 Å². The topological polar surface area (TPSA) is 18.5 Å². The standard InChI is InChI=1S/C14H19ClO2/c1-14(2)7-6-13(17-14)10-16-12-5-3-4-11(8-12)9-15/h3-5,8,13H,6-7,9-10H2,1-2H3. The lowest BCUT2D eigenvalue weighted by atomic mass is 10.1. The lowest BCUT2D eigenvalue weighted by molar-refractivity contribution is -0.0326. The quantitative estimate of drug-likeness (QED) is 0.762. The summed E-state index contributed by atoms with van der Waals surface area (Å²) in [6.07, 6.45) is 2.38. The molecule has 0 radical (unpaired) electrons. The van der Waals surface area contributed by atoms with Crippen LogP contribution in [0.5, 0.6) is 5.75 Å². The second kappa shape index (κ2) is 5.28. The van der Waals surface area contributed by atoms with Crippen molar-refractivity contribution in [2.45, 2.75) is 44.3 Å². The highest BCUT2D eigenvalue weighted by Crippen LogP contribution is 2.29. The van der Waals surface area contributed by atoms with Crippen LogP contribution in [0.3, 0.4) is 0 Å². The van der Waals surface area contributed by atoms with Gasteiger partial charge in [0, 0.05) is 5.88 Å². The minimum Gasteiger partial charge on any atom is -0.491 e. The van der Waals surface area contributed by atoms with Crippen molar-refractivity contribution in [2.24, 2.45) is 0 Å². The number of alkyl halides is 1. The molecule has 1 aliphatic rings. The Morgan fingerprint density at radius 3 is 2.94 bits per heavy atom. The van der Waals surface area contributed by atoms with Gasteiger partial charge in [0.2, 0.25) is 0 Å². The fraction of sp³-hybridized carbons (Fsp3) is 0.571. The zero-order chi connectivity index (χ0) is 12.3. The van der Waals surface area contributed by atoms with Crippen LogP contribution in [0.15, 0.2) is 24.3 Å². The SMILES string of the molecule is CC1(C)CCC(COc2cccc(CCl)c2)O1. The molecule has 0 spiro atoms. The molecular formula is C14H19ClO2. The number of rotatable bonds is 4. The zero-order valence-electron chi connectivity index (χ0n) is 10.4. The third-order valence-electron chi connectivity index (χ3n) is 3.04. The van der Waals surface area contributed by atoms with E-state index in [2.05, 4.69) is 13.8 Å². The molecule has 0 bridgehead atoms. The first-order chi connectivity index (χ1) is 8.09. The highest BCUT2D eigenvalue weighted by atomic mass is 35.5. The van der Waals surface area contributed by atoms with Crippen LogP contribution in [0.1, 0.15) is 32.3 Å². The van der Waals surface area contributed by atoms with Crippen molar-refractivity contribution < 1.29 is 9.47 Å². The van der Waals surface area contributed by atoms with Crippen LogP contribution in [0.2, 0.25) is 0 Å². The molecule has 0 aliphatic carbocycles. The maximum Gasteiger partial charge on any atom is 0.119 e. The van der Waals surface area contributed by atoms with E-state index in [0.717, 1.165) is 24.2 Å². The maximum atomic E-state index is 5.88. The number of benzene rings is 1. The molecule has 1 saturated heterocycles. The molecule has 17 heavy (non-hydrogen) atoms. The second-order valence-electron chi connectivity index (χ2n) is 5.13. The molecule has 1 unspecified atom stereocenters. The highest BCUT2D eigenvalue weighted by molar-refractivity contribution is 6.17. The molecule has 1 aromatic carbocycles. The molecule has 3 heteroatoms. The summed E-state index contributed by atoms with van der Waals surface area (Å²) in [4.78, 5) is 0. The summed E-state index contributed by atoms with van der Waals surface area (Å²) in [7, 11) is 0. The fourth-order valence-corrected chi connectivity index (χ4v) is 2.27. The largest absolute Gasteiger partial charge is 0.491 e. The summed E-state index contributed by atoms with van der Waals surface area (Å²) in [6, 6.07) is 7.89. The van der Waals surface area contributed by atoms with Gasteiger partial charge in [-0.1, -0.05) is 12.1 Å². The average Bonchev–Trinajstić information content (AvgIpc) is 2.67. The van der Waals surface area contributed by atoms with E-state index in [1.165, 1.54) is 0 Å². The zero-order valence-corrected chi connectivity index (χ0v) is 11.2. The van der Waals surface area contributed by atoms with Gasteiger partial charge in [-0.15, -0.1) is 11.6 Å². The van der Waals surface area contributed by atoms with E-state index < -0.39 is 0 Å². The average molecular weight is 255 g/mol. The maximum absolute atomic E-state index is 5.88. The van der Waals surface area contributed by atoms with Gasteiger partial charge in [-0.2, -0.15) is 0 Å². The van der Waals surface area contributed by atoms with E-state index in [4.69, 9.17) is 21.1 Å². The fourth-order valence-electron chi connectivity index (χ4n) is 2.10. The van der Waals surface area contributed by atoms with Crippen LogP contribution >= 0.6 is 11.6 Å². The third-order valence-corrected chi connectivity index (χ3v) is 3.35. The third kappa shape index (κ3) is 3.62. The Labute approximate surface area is 108 Å². The van der Waals surface area contributed by atoms with E-state index >= 15 is 0 Å². The van der Waals surface area contributed by atoms with Crippen molar-refractivity contribution in [1.29, 1.82) is 0 Å². The predicted octanol–water partition coefficient (Wildman–Crippen LogP) is 3.76. The number of halogens is 1. The molecule has 2 rings (SSSR count). The monoisotopic (exact) mass is 254 g/mol. The number of ether oxygens (including phenoxy) is 2. The predicted molar refractivity (Wildman–Crippen MR) is 69.7 cm³/mol. The van der Waals surface area contributed by atoms with Gasteiger partial charge in [0.05, 0.1) is 11.7 Å². The molecule has 1 aromatic rings. The van der Waals surface area contributed by atoms with E-state index in [-0.39, 0.29) is 11.7 Å². The van der Waals surface area contributed by atoms with Crippen molar-refractivity contribution in [3.8, 4) is 5.75 Å². The summed E-state index contributed by atoms with van der Waals surface area (Å²) >= 11 is 5.78. The molecule has 1 atom stereocenters. The lowest BCUT2D eigenvalue weighted by Crippen LogP contribution is -2.23. The summed E-state index contributed by atoms with van der Waals surface area (Å²) in [5.74, 6) is 1.39. The summed E-state index contributed by atoms with van der Waals surface area (Å²) in [6.45, 7) is 4.87. The normalized spacial score (nSPS) is 22.6. The summed E-state index contributed by atoms with van der Waals surface area (Å²) in [5, 5.41) is 0. The van der Waals surface area contributed by atoms with E-state index in [1.807, 2.05) is 24.3 Å². The number of hydrogen-bond acceptors (Lipinski definition) is 2. The molecule has 0 N–H and O–H groups in total. The van der Waals surface area contributed by atoms with Crippen molar-refractivity contribution >= 4 is 11.6 Å². The molecule has 0 aromatic heterocycles. The van der Waals surface area contributed by atoms with E-state index in [0.29, 0.717) is 12.5 Å². The van der Waals surface area contributed by atoms with Crippen molar-refractivity contribution in [2.75, 3.05) is 6.61 Å². The lowest BCUT2D eigenvalue weighted by Gasteiger charge is -2.19. The van der Waals surface area contributed by atoms with Crippen LogP contribution < -0.4 is 4.74 Å². The first-order valence-corrected chi connectivity index (χ1v) is 6.58. The molecule has 0 amide bonds. The second-order valence-corrected chi connectivity index (χ2v) is 5.40. The Bertz CT molecular complexity index is 376. The van der Waals surface area contributed by atoms with Crippen LogP contribution in [0, 0.1) is 0 Å². The Hall–Kier alpha value is -0.730. The van der Waals surface area contributed by atoms with Crippen molar-refractivity contribution in [1.82, 2.24) is 0 Å². The van der Waals surface area contributed by atoms with Gasteiger partial charge in [0.15, 0.2) is 0 Å². The minimum absolute atomic E-state index is 0.00597. The van der Waals surface area contributed by atoms with Crippen molar-refractivity contribution in [3.05, 3.63) is 29.8 Å². The first-order valence-electron chi connectivity index (χ1n) is 6.04. The number of hydrogen-bond donors (Lipinski definition) is 0. The Morgan fingerprint density at radius 1 is 1.47 bits per heavy atom. The highest BCUT2D eigenvalue weighted by Gasteiger charge is 2.31. The molecule has 2 nitrogen and oxygen atoms in total. The van der Waals surface area contributed by atoms with Gasteiger partial charge in [-0.3, -0.25) is 0 Å². The van der Waals surface area contributed by atoms with Crippen LogP contribution in [0.4, 0.5) is 0 Å². The Morgan fingerprint density at radius 2 is 2.29 bits per heavy atom. The van der Waals surface area contributed by atoms with E-state index in [1.54, 1.807) is 0 Å².